The van der Waals surface area contributed by atoms with E-state index in [0.717, 1.165) is 19.3 Å². The Hall–Kier alpha value is -1.71. The maximum absolute atomic E-state index is 12.3. The molecule has 2 rings (SSSR count). The van der Waals surface area contributed by atoms with Crippen LogP contribution >= 0.6 is 0 Å². The number of unbranched alkanes of at least 4 members (excludes halogenated alkanes) is 2. The Morgan fingerprint density at radius 3 is 2.58 bits per heavy atom. The highest BCUT2D eigenvalue weighted by molar-refractivity contribution is 7.89. The van der Waals surface area contributed by atoms with Crippen LogP contribution in [0.4, 0.5) is 5.69 Å². The second-order valence-electron chi connectivity index (χ2n) is 6.37. The molecule has 0 saturated carbocycles. The summed E-state index contributed by atoms with van der Waals surface area (Å²) in [6.45, 7) is 5.48. The van der Waals surface area contributed by atoms with Crippen molar-refractivity contribution >= 4 is 15.7 Å². The van der Waals surface area contributed by atoms with Crippen molar-refractivity contribution < 1.29 is 18.1 Å². The van der Waals surface area contributed by atoms with Crippen molar-refractivity contribution in [3.8, 4) is 5.75 Å². The SMILES string of the molecule is CCCCCS(=O)(=O)N1CCN(CCOc2cccc([N+](=O)[O-])c2)CC1. The van der Waals surface area contributed by atoms with Gasteiger partial charge in [-0.1, -0.05) is 25.8 Å². The average molecular weight is 385 g/mol. The molecule has 1 aliphatic rings. The minimum absolute atomic E-state index is 0.00407. The summed E-state index contributed by atoms with van der Waals surface area (Å²) in [5, 5.41) is 10.8. The lowest BCUT2D eigenvalue weighted by atomic mass is 10.3. The van der Waals surface area contributed by atoms with Crippen molar-refractivity contribution in [3.05, 3.63) is 34.4 Å². The van der Waals surface area contributed by atoms with Gasteiger partial charge in [-0.3, -0.25) is 15.0 Å². The molecule has 0 spiro atoms. The van der Waals surface area contributed by atoms with E-state index in [-0.39, 0.29) is 11.4 Å². The van der Waals surface area contributed by atoms with Gasteiger partial charge in [0.2, 0.25) is 10.0 Å². The van der Waals surface area contributed by atoms with E-state index < -0.39 is 14.9 Å². The zero-order chi connectivity index (χ0) is 19.0. The first-order chi connectivity index (χ1) is 12.4. The van der Waals surface area contributed by atoms with Crippen molar-refractivity contribution in [1.82, 2.24) is 9.21 Å². The number of nitro benzene ring substituents is 1. The third kappa shape index (κ3) is 6.22. The van der Waals surface area contributed by atoms with E-state index in [0.29, 0.717) is 45.1 Å². The summed E-state index contributed by atoms with van der Waals surface area (Å²) in [5.74, 6) is 0.702. The molecule has 0 aliphatic carbocycles. The van der Waals surface area contributed by atoms with E-state index in [9.17, 15) is 18.5 Å². The Kier molecular flexibility index (Phi) is 7.80. The van der Waals surface area contributed by atoms with Crippen molar-refractivity contribution in [2.24, 2.45) is 0 Å². The van der Waals surface area contributed by atoms with Crippen molar-refractivity contribution in [2.45, 2.75) is 26.2 Å². The minimum atomic E-state index is -3.14. The van der Waals surface area contributed by atoms with Gasteiger partial charge in [-0.25, -0.2) is 8.42 Å². The fraction of sp³-hybridized carbons (Fsp3) is 0.647. The molecular weight excluding hydrogens is 358 g/mol. The van der Waals surface area contributed by atoms with E-state index in [4.69, 9.17) is 4.74 Å². The molecule has 1 aromatic rings. The standard InChI is InChI=1S/C17H27N3O5S/c1-2-3-4-14-26(23,24)19-10-8-18(9-11-19)12-13-25-17-7-5-6-16(15-17)20(21)22/h5-7,15H,2-4,8-14H2,1H3. The highest BCUT2D eigenvalue weighted by Crippen LogP contribution is 2.19. The van der Waals surface area contributed by atoms with Crippen molar-refractivity contribution in [1.29, 1.82) is 0 Å². The molecule has 0 amide bonds. The highest BCUT2D eigenvalue weighted by atomic mass is 32.2. The Balaban J connectivity index is 1.72. The summed E-state index contributed by atoms with van der Waals surface area (Å²) in [7, 11) is -3.14. The topological polar surface area (TPSA) is 93.0 Å². The second-order valence-corrected chi connectivity index (χ2v) is 8.46. The van der Waals surface area contributed by atoms with Crippen LogP contribution in [0.1, 0.15) is 26.2 Å². The number of non-ortho nitro benzene ring substituents is 1. The zero-order valence-electron chi connectivity index (χ0n) is 15.2. The van der Waals surface area contributed by atoms with E-state index in [1.807, 2.05) is 0 Å². The molecule has 0 atom stereocenters. The molecular formula is C17H27N3O5S. The molecule has 146 valence electrons. The van der Waals surface area contributed by atoms with Gasteiger partial charge in [0.05, 0.1) is 16.7 Å². The smallest absolute Gasteiger partial charge is 0.273 e. The maximum atomic E-state index is 12.3. The number of benzene rings is 1. The van der Waals surface area contributed by atoms with Crippen LogP contribution in [0.2, 0.25) is 0 Å². The summed E-state index contributed by atoms with van der Waals surface area (Å²) >= 11 is 0. The van der Waals surface area contributed by atoms with Gasteiger partial charge in [-0.2, -0.15) is 4.31 Å². The monoisotopic (exact) mass is 385 g/mol. The Morgan fingerprint density at radius 1 is 1.19 bits per heavy atom. The molecule has 8 nitrogen and oxygen atoms in total. The minimum Gasteiger partial charge on any atom is -0.492 e. The van der Waals surface area contributed by atoms with Crippen LogP contribution < -0.4 is 4.74 Å². The number of hydrogen-bond acceptors (Lipinski definition) is 6. The lowest BCUT2D eigenvalue weighted by Gasteiger charge is -2.33. The van der Waals surface area contributed by atoms with Crippen molar-refractivity contribution in [2.75, 3.05) is 45.1 Å². The number of nitrogens with zero attached hydrogens (tertiary/aromatic N) is 3. The normalized spacial score (nSPS) is 16.5. The third-order valence-corrected chi connectivity index (χ3v) is 6.39. The average Bonchev–Trinajstić information content (AvgIpc) is 2.62. The number of hydrogen-bond donors (Lipinski definition) is 0. The van der Waals surface area contributed by atoms with Crippen LogP contribution in [0.5, 0.6) is 5.75 Å². The Bertz CT molecular complexity index is 687. The van der Waals surface area contributed by atoms with Gasteiger partial charge in [-0.05, 0) is 12.5 Å². The van der Waals surface area contributed by atoms with Gasteiger partial charge >= 0.3 is 0 Å². The van der Waals surface area contributed by atoms with Crippen molar-refractivity contribution in [3.63, 3.8) is 0 Å². The molecule has 0 bridgehead atoms. The number of piperazine rings is 1. The first-order valence-corrected chi connectivity index (χ1v) is 10.6. The molecule has 1 saturated heterocycles. The molecule has 1 aromatic carbocycles. The molecule has 26 heavy (non-hydrogen) atoms. The molecule has 1 fully saturated rings. The van der Waals surface area contributed by atoms with E-state index in [1.165, 1.54) is 12.1 Å². The first kappa shape index (κ1) is 20.6. The van der Waals surface area contributed by atoms with Gasteiger partial charge in [0, 0.05) is 38.8 Å². The van der Waals surface area contributed by atoms with E-state index >= 15 is 0 Å². The Labute approximate surface area is 154 Å². The molecule has 0 radical (unpaired) electrons. The molecule has 0 unspecified atom stereocenters. The number of rotatable bonds is 10. The largest absolute Gasteiger partial charge is 0.492 e. The number of sulfonamides is 1. The van der Waals surface area contributed by atoms with Gasteiger partial charge in [0.1, 0.15) is 12.4 Å². The van der Waals surface area contributed by atoms with Crippen LogP contribution in [-0.4, -0.2) is 67.6 Å². The van der Waals surface area contributed by atoms with Crippen LogP contribution in [0.15, 0.2) is 24.3 Å². The maximum Gasteiger partial charge on any atom is 0.273 e. The van der Waals surface area contributed by atoms with Gasteiger partial charge in [0.25, 0.3) is 5.69 Å². The molecule has 0 N–H and O–H groups in total. The van der Waals surface area contributed by atoms with Gasteiger partial charge in [0.15, 0.2) is 0 Å². The summed E-state index contributed by atoms with van der Waals surface area (Å²) in [6, 6.07) is 6.11. The predicted octanol–water partition coefficient (Wildman–Crippen LogP) is 2.11. The molecule has 1 aliphatic heterocycles. The van der Waals surface area contributed by atoms with Crippen LogP contribution in [0.25, 0.3) is 0 Å². The highest BCUT2D eigenvalue weighted by Gasteiger charge is 2.26. The lowest BCUT2D eigenvalue weighted by Crippen LogP contribution is -2.50. The summed E-state index contributed by atoms with van der Waals surface area (Å²) in [4.78, 5) is 12.5. The number of ether oxygens (including phenoxy) is 1. The second kappa shape index (κ2) is 9.84. The van der Waals surface area contributed by atoms with Gasteiger partial charge < -0.3 is 4.74 Å². The first-order valence-electron chi connectivity index (χ1n) is 9.00. The lowest BCUT2D eigenvalue weighted by molar-refractivity contribution is -0.384. The zero-order valence-corrected chi connectivity index (χ0v) is 16.0. The molecule has 9 heteroatoms. The molecule has 0 aromatic heterocycles. The summed E-state index contributed by atoms with van der Waals surface area (Å²) in [5.41, 5.74) is 0.00407. The predicted molar refractivity (Wildman–Crippen MR) is 99.9 cm³/mol. The van der Waals surface area contributed by atoms with Crippen LogP contribution in [0.3, 0.4) is 0 Å². The van der Waals surface area contributed by atoms with Gasteiger partial charge in [-0.15, -0.1) is 0 Å². The molecule has 1 heterocycles. The number of nitro groups is 1. The van der Waals surface area contributed by atoms with Crippen LogP contribution in [0, 0.1) is 10.1 Å². The quantitative estimate of drug-likeness (QED) is 0.348. The summed E-state index contributed by atoms with van der Waals surface area (Å²) < 4.78 is 31.7. The third-order valence-electron chi connectivity index (χ3n) is 4.44. The van der Waals surface area contributed by atoms with E-state index in [2.05, 4.69) is 11.8 Å². The fourth-order valence-electron chi connectivity index (χ4n) is 2.87. The Morgan fingerprint density at radius 2 is 1.92 bits per heavy atom. The summed E-state index contributed by atoms with van der Waals surface area (Å²) in [6.07, 6.45) is 2.66. The van der Waals surface area contributed by atoms with Crippen LogP contribution in [-0.2, 0) is 10.0 Å². The fourth-order valence-corrected chi connectivity index (χ4v) is 4.42. The van der Waals surface area contributed by atoms with E-state index in [1.54, 1.807) is 16.4 Å².